The van der Waals surface area contributed by atoms with Gasteiger partial charge in [0.2, 0.25) is 0 Å². The van der Waals surface area contributed by atoms with Gasteiger partial charge in [-0.05, 0) is 101 Å². The number of halogens is 5. The molecular formula is C32H26F5N2O4. The second-order valence-corrected chi connectivity index (χ2v) is 9.39. The lowest BCUT2D eigenvalue weighted by Gasteiger charge is -2.19. The first-order chi connectivity index (χ1) is 20.3. The van der Waals surface area contributed by atoms with Crippen LogP contribution in [-0.4, -0.2) is 18.8 Å². The molecule has 0 aliphatic rings. The number of esters is 1. The molecule has 4 aromatic carbocycles. The number of rotatable bonds is 10. The monoisotopic (exact) mass is 597 g/mol. The number of hydrogen-bond acceptors (Lipinski definition) is 6. The number of carbonyl (C=O) groups excluding carboxylic acids is 1. The molecule has 11 heteroatoms. The van der Waals surface area contributed by atoms with E-state index in [1.54, 1.807) is 24.3 Å². The van der Waals surface area contributed by atoms with Crippen LogP contribution in [0.4, 0.5) is 33.3 Å². The van der Waals surface area contributed by atoms with Crippen molar-refractivity contribution in [2.24, 2.45) is 0 Å². The number of anilines is 2. The second-order valence-electron chi connectivity index (χ2n) is 9.39. The third-order valence-electron chi connectivity index (χ3n) is 6.05. The Morgan fingerprint density at radius 1 is 0.791 bits per heavy atom. The van der Waals surface area contributed by atoms with E-state index in [2.05, 4.69) is 11.7 Å². The second kappa shape index (κ2) is 12.8. The predicted octanol–water partition coefficient (Wildman–Crippen LogP) is 7.53. The minimum Gasteiger partial charge on any atom is -0.484 e. The maximum Gasteiger partial charge on any atom is 0.426 e. The van der Waals surface area contributed by atoms with Crippen molar-refractivity contribution in [1.82, 2.24) is 0 Å². The lowest BCUT2D eigenvalue weighted by Crippen LogP contribution is -2.22. The summed E-state index contributed by atoms with van der Waals surface area (Å²) in [5, 5.41) is 0. The Labute approximate surface area is 244 Å². The molecule has 0 heterocycles. The van der Waals surface area contributed by atoms with E-state index in [-0.39, 0.29) is 18.1 Å². The maximum absolute atomic E-state index is 14.6. The fraction of sp³-hybridized carbons (Fsp3) is 0.125. The van der Waals surface area contributed by atoms with Crippen molar-refractivity contribution in [2.75, 3.05) is 18.1 Å². The number of nitrogens with two attached hydrogens (primary N) is 2. The van der Waals surface area contributed by atoms with Crippen LogP contribution in [0.5, 0.6) is 11.5 Å². The van der Waals surface area contributed by atoms with Gasteiger partial charge >= 0.3 is 18.3 Å². The van der Waals surface area contributed by atoms with Gasteiger partial charge in [0.05, 0.1) is 5.56 Å². The summed E-state index contributed by atoms with van der Waals surface area (Å²) in [5.41, 5.74) is 15.7. The molecule has 0 saturated carbocycles. The van der Waals surface area contributed by atoms with Gasteiger partial charge in [-0.3, -0.25) is 0 Å². The predicted molar refractivity (Wildman–Crippen MR) is 153 cm³/mol. The van der Waals surface area contributed by atoms with E-state index in [1.807, 2.05) is 12.1 Å². The molecule has 0 aromatic heterocycles. The van der Waals surface area contributed by atoms with Crippen molar-refractivity contribution in [2.45, 2.75) is 18.9 Å². The van der Waals surface area contributed by atoms with Crippen LogP contribution in [0.25, 0.3) is 17.2 Å². The first kappa shape index (κ1) is 30.9. The highest BCUT2D eigenvalue weighted by Gasteiger charge is 2.35. The SMILES string of the molecule is [CH2]c1cc(N)ccc1-c1ccc(N)cc1COC(=O)/C=C/c1ccc(OC(F)(F)c2ccc(OCC(F)(F)F)cc2)cc1. The van der Waals surface area contributed by atoms with Crippen LogP contribution < -0.4 is 20.9 Å². The molecule has 0 fully saturated rings. The minimum absolute atomic E-state index is 0.0648. The summed E-state index contributed by atoms with van der Waals surface area (Å²) in [6, 6.07) is 19.8. The first-order valence-corrected chi connectivity index (χ1v) is 12.7. The van der Waals surface area contributed by atoms with Crippen LogP contribution >= 0.6 is 0 Å². The molecule has 0 aliphatic heterocycles. The van der Waals surface area contributed by atoms with E-state index in [1.165, 1.54) is 36.4 Å². The number of carbonyl (C=O) groups is 1. The molecule has 4 N–H and O–H groups in total. The van der Waals surface area contributed by atoms with Gasteiger partial charge in [0.1, 0.15) is 18.1 Å². The molecule has 0 saturated heterocycles. The molecule has 223 valence electrons. The van der Waals surface area contributed by atoms with Crippen molar-refractivity contribution < 1.29 is 41.0 Å². The zero-order valence-corrected chi connectivity index (χ0v) is 22.5. The lowest BCUT2D eigenvalue weighted by molar-refractivity contribution is -0.185. The molecule has 43 heavy (non-hydrogen) atoms. The zero-order valence-electron chi connectivity index (χ0n) is 22.5. The highest BCUT2D eigenvalue weighted by atomic mass is 19.4. The smallest absolute Gasteiger partial charge is 0.426 e. The van der Waals surface area contributed by atoms with Gasteiger partial charge in [0.25, 0.3) is 0 Å². The summed E-state index contributed by atoms with van der Waals surface area (Å²) in [7, 11) is 0. The van der Waals surface area contributed by atoms with Crippen molar-refractivity contribution in [3.8, 4) is 22.6 Å². The lowest BCUT2D eigenvalue weighted by atomic mass is 9.95. The Hall–Kier alpha value is -5.06. The summed E-state index contributed by atoms with van der Waals surface area (Å²) in [6.07, 6.45) is -5.69. The van der Waals surface area contributed by atoms with Crippen molar-refractivity contribution in [3.05, 3.63) is 120 Å². The van der Waals surface area contributed by atoms with Crippen LogP contribution in [0.3, 0.4) is 0 Å². The van der Waals surface area contributed by atoms with Gasteiger partial charge in [-0.1, -0.05) is 24.3 Å². The highest BCUT2D eigenvalue weighted by molar-refractivity contribution is 5.87. The summed E-state index contributed by atoms with van der Waals surface area (Å²) in [5.74, 6) is -1.03. The number of alkyl halides is 5. The van der Waals surface area contributed by atoms with Crippen molar-refractivity contribution in [3.63, 3.8) is 0 Å². The standard InChI is InChI=1S/C32H26F5N2O4/c1-20-16-24(38)7-13-28(20)29-14-8-25(39)17-22(29)18-41-30(40)15-4-21-2-9-27(10-3-21)43-32(36,37)23-5-11-26(12-6-23)42-19-31(33,34)35/h2-17H,1,18-19,38-39H2/b15-4+. The average Bonchev–Trinajstić information content (AvgIpc) is 2.95. The number of benzene rings is 4. The van der Waals surface area contributed by atoms with Crippen LogP contribution in [0.15, 0.2) is 91.0 Å². The molecular weight excluding hydrogens is 571 g/mol. The average molecular weight is 598 g/mol. The molecule has 0 aliphatic carbocycles. The van der Waals surface area contributed by atoms with Gasteiger partial charge in [-0.2, -0.15) is 22.0 Å². The Morgan fingerprint density at radius 3 is 2.02 bits per heavy atom. The van der Waals surface area contributed by atoms with Gasteiger partial charge in [0, 0.05) is 17.5 Å². The molecule has 1 radical (unpaired) electrons. The Morgan fingerprint density at radius 2 is 1.40 bits per heavy atom. The highest BCUT2D eigenvalue weighted by Crippen LogP contribution is 2.33. The van der Waals surface area contributed by atoms with Gasteiger partial charge in [0.15, 0.2) is 6.61 Å². The van der Waals surface area contributed by atoms with Crippen molar-refractivity contribution >= 4 is 23.4 Å². The molecule has 4 aromatic rings. The number of ether oxygens (including phenoxy) is 3. The summed E-state index contributed by atoms with van der Waals surface area (Å²) < 4.78 is 80.7. The van der Waals surface area contributed by atoms with Gasteiger partial charge < -0.3 is 25.7 Å². The van der Waals surface area contributed by atoms with Crippen LogP contribution in [0.2, 0.25) is 0 Å². The fourth-order valence-electron chi connectivity index (χ4n) is 4.00. The molecule has 4 rings (SSSR count). The Balaban J connectivity index is 1.34. The van der Waals surface area contributed by atoms with Gasteiger partial charge in [-0.15, -0.1) is 0 Å². The minimum atomic E-state index is -4.55. The van der Waals surface area contributed by atoms with Crippen LogP contribution in [0, 0.1) is 6.92 Å². The Bertz CT molecular complexity index is 1600. The van der Waals surface area contributed by atoms with Crippen LogP contribution in [-0.2, 0) is 22.2 Å². The van der Waals surface area contributed by atoms with E-state index in [0.717, 1.165) is 35.4 Å². The number of hydrogen-bond donors (Lipinski definition) is 2. The van der Waals surface area contributed by atoms with E-state index in [0.29, 0.717) is 28.1 Å². The molecule has 0 bridgehead atoms. The number of nitrogen functional groups attached to an aromatic ring is 2. The zero-order chi connectivity index (χ0) is 31.2. The molecule has 0 unspecified atom stereocenters. The van der Waals surface area contributed by atoms with E-state index in [4.69, 9.17) is 20.9 Å². The van der Waals surface area contributed by atoms with E-state index >= 15 is 0 Å². The third kappa shape index (κ3) is 8.71. The maximum atomic E-state index is 14.6. The van der Waals surface area contributed by atoms with Crippen molar-refractivity contribution in [1.29, 1.82) is 0 Å². The van der Waals surface area contributed by atoms with Crippen LogP contribution in [0.1, 0.15) is 22.3 Å². The third-order valence-corrected chi connectivity index (χ3v) is 6.05. The molecule has 0 amide bonds. The normalized spacial score (nSPS) is 11.9. The summed E-state index contributed by atoms with van der Waals surface area (Å²) >= 11 is 0. The largest absolute Gasteiger partial charge is 0.484 e. The van der Waals surface area contributed by atoms with E-state index < -0.39 is 30.4 Å². The topological polar surface area (TPSA) is 96.8 Å². The van der Waals surface area contributed by atoms with E-state index in [9.17, 15) is 26.7 Å². The fourth-order valence-corrected chi connectivity index (χ4v) is 4.00. The Kier molecular flexibility index (Phi) is 9.23. The first-order valence-electron chi connectivity index (χ1n) is 12.7. The molecule has 0 spiro atoms. The summed E-state index contributed by atoms with van der Waals surface area (Å²) in [4.78, 5) is 12.4. The van der Waals surface area contributed by atoms with Gasteiger partial charge in [-0.25, -0.2) is 4.79 Å². The summed E-state index contributed by atoms with van der Waals surface area (Å²) in [6.45, 7) is 2.42. The quantitative estimate of drug-likeness (QED) is 0.0849. The molecule has 0 atom stereocenters. The molecule has 6 nitrogen and oxygen atoms in total.